The molecule has 1 aromatic heterocycles. The van der Waals surface area contributed by atoms with Crippen LogP contribution in [0.15, 0.2) is 53.6 Å². The van der Waals surface area contributed by atoms with Crippen molar-refractivity contribution in [3.05, 3.63) is 65.4 Å². The third kappa shape index (κ3) is 4.68. The van der Waals surface area contributed by atoms with E-state index < -0.39 is 15.8 Å². The average molecular weight is 398 g/mol. The number of carboxylic acid groups (broad SMARTS) is 1. The molecule has 8 nitrogen and oxygen atoms in total. The van der Waals surface area contributed by atoms with Gasteiger partial charge in [0.15, 0.2) is 21.4 Å². The molecule has 0 radical (unpaired) electrons. The van der Waals surface area contributed by atoms with Crippen molar-refractivity contribution in [2.75, 3.05) is 11.7 Å². The number of carbonyl (C=O) groups is 1. The Hall–Kier alpha value is -3.33. The summed E-state index contributed by atoms with van der Waals surface area (Å²) in [6.45, 7) is 1.89. The predicted molar refractivity (Wildman–Crippen MR) is 107 cm³/mol. The van der Waals surface area contributed by atoms with Gasteiger partial charge in [-0.05, 0) is 19.1 Å². The lowest BCUT2D eigenvalue weighted by atomic mass is 10.1. The monoisotopic (exact) mass is 398 g/mol. The standard InChI is InChI=1S/C19H18N4O4S/c1-12-7-9-13(10-8-12)17(19(24)25)22-23-18-16(11-28(2,26)27)20-14-5-3-4-6-15(14)21-18/h3-10H,11H2,1-2H3,(H,21,23)(H,24,25)/b22-17+. The second-order valence-electron chi connectivity index (χ2n) is 6.32. The maximum absolute atomic E-state index is 11.8. The van der Waals surface area contributed by atoms with Crippen molar-refractivity contribution >= 4 is 38.4 Å². The third-order valence-electron chi connectivity index (χ3n) is 3.84. The number of hydrogen-bond donors (Lipinski definition) is 2. The summed E-state index contributed by atoms with van der Waals surface area (Å²) in [5.41, 5.74) is 4.99. The van der Waals surface area contributed by atoms with Crippen LogP contribution < -0.4 is 5.43 Å². The van der Waals surface area contributed by atoms with Crippen molar-refractivity contribution in [1.82, 2.24) is 9.97 Å². The molecule has 0 bridgehead atoms. The first-order valence-corrected chi connectivity index (χ1v) is 10.4. The molecule has 0 amide bonds. The Balaban J connectivity index is 2.05. The first kappa shape index (κ1) is 19.4. The zero-order chi connectivity index (χ0) is 20.3. The second-order valence-corrected chi connectivity index (χ2v) is 8.46. The lowest BCUT2D eigenvalue weighted by Crippen LogP contribution is -2.17. The molecule has 0 spiro atoms. The van der Waals surface area contributed by atoms with E-state index in [9.17, 15) is 18.3 Å². The van der Waals surface area contributed by atoms with Gasteiger partial charge in [-0.1, -0.05) is 42.0 Å². The third-order valence-corrected chi connectivity index (χ3v) is 4.64. The van der Waals surface area contributed by atoms with Crippen LogP contribution in [0, 0.1) is 6.92 Å². The minimum absolute atomic E-state index is 0.0926. The molecule has 0 aliphatic rings. The summed E-state index contributed by atoms with van der Waals surface area (Å²) in [7, 11) is -3.39. The number of benzene rings is 2. The Labute approximate surface area is 161 Å². The molecule has 144 valence electrons. The van der Waals surface area contributed by atoms with Gasteiger partial charge in [0.1, 0.15) is 5.69 Å². The van der Waals surface area contributed by atoms with Gasteiger partial charge in [-0.2, -0.15) is 5.10 Å². The maximum Gasteiger partial charge on any atom is 0.356 e. The Bertz CT molecular complexity index is 1170. The van der Waals surface area contributed by atoms with Gasteiger partial charge in [0.25, 0.3) is 0 Å². The Kier molecular flexibility index (Phi) is 5.36. The predicted octanol–water partition coefficient (Wildman–Crippen LogP) is 2.38. The molecular formula is C19H18N4O4S. The lowest BCUT2D eigenvalue weighted by molar-refractivity contribution is -0.129. The highest BCUT2D eigenvalue weighted by Crippen LogP contribution is 2.19. The molecule has 28 heavy (non-hydrogen) atoms. The quantitative estimate of drug-likeness (QED) is 0.483. The molecule has 0 atom stereocenters. The Morgan fingerprint density at radius 1 is 1.07 bits per heavy atom. The molecule has 0 aliphatic heterocycles. The summed E-state index contributed by atoms with van der Waals surface area (Å²) >= 11 is 0. The van der Waals surface area contributed by atoms with E-state index in [1.807, 2.05) is 6.92 Å². The van der Waals surface area contributed by atoms with Crippen LogP contribution >= 0.6 is 0 Å². The van der Waals surface area contributed by atoms with E-state index in [-0.39, 0.29) is 23.0 Å². The number of para-hydroxylation sites is 2. The van der Waals surface area contributed by atoms with Crippen LogP contribution in [0.5, 0.6) is 0 Å². The van der Waals surface area contributed by atoms with Gasteiger partial charge < -0.3 is 5.11 Å². The van der Waals surface area contributed by atoms with Gasteiger partial charge >= 0.3 is 5.97 Å². The zero-order valence-corrected chi connectivity index (χ0v) is 16.1. The fraction of sp³-hybridized carbons (Fsp3) is 0.158. The van der Waals surface area contributed by atoms with Crippen LogP contribution in [0.2, 0.25) is 0 Å². The van der Waals surface area contributed by atoms with E-state index >= 15 is 0 Å². The van der Waals surface area contributed by atoms with Gasteiger partial charge in [-0.25, -0.2) is 23.2 Å². The number of hydrogen-bond acceptors (Lipinski definition) is 7. The molecule has 0 saturated heterocycles. The first-order valence-electron chi connectivity index (χ1n) is 8.30. The highest BCUT2D eigenvalue weighted by atomic mass is 32.2. The number of rotatable bonds is 6. The summed E-state index contributed by atoms with van der Waals surface area (Å²) in [5, 5.41) is 13.5. The molecule has 0 unspecified atom stereocenters. The van der Waals surface area contributed by atoms with E-state index in [1.54, 1.807) is 48.5 Å². The summed E-state index contributed by atoms with van der Waals surface area (Å²) in [4.78, 5) is 20.3. The number of fused-ring (bicyclic) bond motifs is 1. The highest BCUT2D eigenvalue weighted by Gasteiger charge is 2.16. The number of aromatic nitrogens is 2. The molecule has 0 fully saturated rings. The molecular weight excluding hydrogens is 380 g/mol. The highest BCUT2D eigenvalue weighted by molar-refractivity contribution is 7.89. The van der Waals surface area contributed by atoms with Crippen molar-refractivity contribution < 1.29 is 18.3 Å². The van der Waals surface area contributed by atoms with Crippen LogP contribution in [0.1, 0.15) is 16.8 Å². The van der Waals surface area contributed by atoms with Crippen molar-refractivity contribution in [2.45, 2.75) is 12.7 Å². The number of sulfone groups is 1. The number of anilines is 1. The molecule has 3 aromatic rings. The number of nitrogens with zero attached hydrogens (tertiary/aromatic N) is 3. The number of carboxylic acids is 1. The smallest absolute Gasteiger partial charge is 0.356 e. The van der Waals surface area contributed by atoms with Crippen molar-refractivity contribution in [1.29, 1.82) is 0 Å². The van der Waals surface area contributed by atoms with Gasteiger partial charge in [-0.3, -0.25) is 5.43 Å². The summed E-state index contributed by atoms with van der Waals surface area (Å²) in [6, 6.07) is 13.8. The van der Waals surface area contributed by atoms with Crippen LogP contribution in [0.4, 0.5) is 5.82 Å². The van der Waals surface area contributed by atoms with Gasteiger partial charge in [0, 0.05) is 11.8 Å². The molecule has 0 saturated carbocycles. The summed E-state index contributed by atoms with van der Waals surface area (Å²) < 4.78 is 23.5. The zero-order valence-electron chi connectivity index (χ0n) is 15.2. The van der Waals surface area contributed by atoms with E-state index in [0.29, 0.717) is 16.6 Å². The van der Waals surface area contributed by atoms with Crippen molar-refractivity contribution in [3.8, 4) is 0 Å². The van der Waals surface area contributed by atoms with Crippen molar-refractivity contribution in [2.24, 2.45) is 5.10 Å². The van der Waals surface area contributed by atoms with E-state index in [0.717, 1.165) is 11.8 Å². The number of nitrogens with one attached hydrogen (secondary N) is 1. The van der Waals surface area contributed by atoms with E-state index in [2.05, 4.69) is 20.5 Å². The van der Waals surface area contributed by atoms with Gasteiger partial charge in [0.2, 0.25) is 0 Å². The lowest BCUT2D eigenvalue weighted by Gasteiger charge is -2.09. The Morgan fingerprint density at radius 2 is 1.68 bits per heavy atom. The number of hydrazone groups is 1. The molecule has 9 heteroatoms. The van der Waals surface area contributed by atoms with Crippen LogP contribution in [0.3, 0.4) is 0 Å². The molecule has 2 aromatic carbocycles. The molecule has 3 rings (SSSR count). The van der Waals surface area contributed by atoms with Gasteiger partial charge in [-0.15, -0.1) is 0 Å². The van der Waals surface area contributed by atoms with Crippen LogP contribution in [-0.4, -0.2) is 41.4 Å². The largest absolute Gasteiger partial charge is 0.476 e. The van der Waals surface area contributed by atoms with Crippen LogP contribution in [0.25, 0.3) is 11.0 Å². The second kappa shape index (κ2) is 7.73. The molecule has 2 N–H and O–H groups in total. The Morgan fingerprint density at radius 3 is 2.25 bits per heavy atom. The maximum atomic E-state index is 11.8. The minimum atomic E-state index is -3.39. The fourth-order valence-corrected chi connectivity index (χ4v) is 3.23. The fourth-order valence-electron chi connectivity index (χ4n) is 2.53. The first-order chi connectivity index (χ1) is 13.2. The average Bonchev–Trinajstić information content (AvgIpc) is 2.62. The summed E-state index contributed by atoms with van der Waals surface area (Å²) in [5.74, 6) is -1.49. The normalized spacial score (nSPS) is 12.1. The topological polar surface area (TPSA) is 122 Å². The van der Waals surface area contributed by atoms with Crippen molar-refractivity contribution in [3.63, 3.8) is 0 Å². The summed E-state index contributed by atoms with van der Waals surface area (Å²) in [6.07, 6.45) is 1.09. The van der Waals surface area contributed by atoms with Crippen LogP contribution in [-0.2, 0) is 20.4 Å². The minimum Gasteiger partial charge on any atom is -0.476 e. The SMILES string of the molecule is Cc1ccc(/C(=N\Nc2nc3ccccc3nc2CS(C)(=O)=O)C(=O)O)cc1. The van der Waals surface area contributed by atoms with E-state index in [1.165, 1.54) is 0 Å². The van der Waals surface area contributed by atoms with Gasteiger partial charge in [0.05, 0.1) is 16.8 Å². The number of aryl methyl sites for hydroxylation is 1. The molecule has 0 aliphatic carbocycles. The number of aliphatic carboxylic acids is 1. The van der Waals surface area contributed by atoms with E-state index in [4.69, 9.17) is 0 Å². The molecule has 1 heterocycles.